The number of carbonyl (C=O) groups excluding carboxylic acids is 1. The van der Waals surface area contributed by atoms with Gasteiger partial charge in [-0.05, 0) is 57.8 Å². The summed E-state index contributed by atoms with van der Waals surface area (Å²) in [7, 11) is -0.746. The van der Waals surface area contributed by atoms with Crippen LogP contribution in [-0.2, 0) is 9.31 Å². The molecule has 0 aliphatic carbocycles. The van der Waals surface area contributed by atoms with Crippen LogP contribution in [-0.4, -0.2) is 48.4 Å². The molecule has 1 aromatic carbocycles. The molecule has 0 bridgehead atoms. The molecule has 130 valence electrons. The largest absolute Gasteiger partial charge is 0.494 e. The van der Waals surface area contributed by atoms with Crippen molar-refractivity contribution in [1.29, 1.82) is 0 Å². The fraction of sp³-hybridized carbons (Fsp3) is 0.588. The Kier molecular flexibility index (Phi) is 4.20. The Bertz CT molecular complexity index is 649. The summed E-state index contributed by atoms with van der Waals surface area (Å²) in [6.07, 6.45) is -0.685. The summed E-state index contributed by atoms with van der Waals surface area (Å²) < 4.78 is 39.2. The van der Waals surface area contributed by atoms with Crippen molar-refractivity contribution in [1.82, 2.24) is 4.90 Å². The lowest BCUT2D eigenvalue weighted by Crippen LogP contribution is -2.41. The number of alkyl halides is 1. The Morgan fingerprint density at radius 2 is 1.83 bits per heavy atom. The fourth-order valence-corrected chi connectivity index (χ4v) is 2.94. The van der Waals surface area contributed by atoms with Crippen LogP contribution in [0.4, 0.5) is 8.78 Å². The zero-order valence-corrected chi connectivity index (χ0v) is 14.4. The number of nitrogens with zero attached hydrogens (tertiary/aromatic N) is 1. The third-order valence-corrected chi connectivity index (χ3v) is 5.11. The number of halogens is 2. The second-order valence-electron chi connectivity index (χ2n) is 7.50. The van der Waals surface area contributed by atoms with Crippen molar-refractivity contribution >= 4 is 18.5 Å². The highest BCUT2D eigenvalue weighted by atomic mass is 19.1. The minimum absolute atomic E-state index is 0.0567. The van der Waals surface area contributed by atoms with Gasteiger partial charge in [0, 0.05) is 12.1 Å². The van der Waals surface area contributed by atoms with Gasteiger partial charge in [-0.3, -0.25) is 4.79 Å². The molecule has 0 N–H and O–H groups in total. The lowest BCUT2D eigenvalue weighted by atomic mass is 9.78. The van der Waals surface area contributed by atoms with Crippen molar-refractivity contribution in [3.05, 3.63) is 29.6 Å². The maximum atomic E-state index is 14.0. The zero-order chi connectivity index (χ0) is 17.7. The lowest BCUT2D eigenvalue weighted by Gasteiger charge is -2.32. The third-order valence-electron chi connectivity index (χ3n) is 5.11. The minimum Gasteiger partial charge on any atom is -0.399 e. The highest BCUT2D eigenvalue weighted by Crippen LogP contribution is 2.36. The molecule has 0 spiro atoms. The Morgan fingerprint density at radius 3 is 2.38 bits per heavy atom. The van der Waals surface area contributed by atoms with Crippen molar-refractivity contribution in [3.8, 4) is 0 Å². The van der Waals surface area contributed by atoms with E-state index >= 15 is 0 Å². The van der Waals surface area contributed by atoms with E-state index in [2.05, 4.69) is 0 Å². The van der Waals surface area contributed by atoms with Gasteiger partial charge in [0.15, 0.2) is 0 Å². The summed E-state index contributed by atoms with van der Waals surface area (Å²) in [5, 5.41) is 0. The molecule has 3 rings (SSSR count). The van der Waals surface area contributed by atoms with Gasteiger partial charge in [-0.15, -0.1) is 0 Å². The average molecular weight is 337 g/mol. The monoisotopic (exact) mass is 337 g/mol. The quantitative estimate of drug-likeness (QED) is 0.778. The molecule has 2 aliphatic rings. The summed E-state index contributed by atoms with van der Waals surface area (Å²) >= 11 is 0. The third kappa shape index (κ3) is 3.07. The zero-order valence-electron chi connectivity index (χ0n) is 14.4. The average Bonchev–Trinajstić information content (AvgIpc) is 2.99. The normalized spacial score (nSPS) is 25.3. The molecule has 1 atom stereocenters. The first-order valence-corrected chi connectivity index (χ1v) is 8.18. The van der Waals surface area contributed by atoms with Crippen LogP contribution < -0.4 is 5.46 Å². The van der Waals surface area contributed by atoms with Crippen LogP contribution in [0.1, 0.15) is 44.5 Å². The smallest absolute Gasteiger partial charge is 0.399 e. The maximum absolute atomic E-state index is 14.0. The van der Waals surface area contributed by atoms with Crippen molar-refractivity contribution in [2.24, 2.45) is 0 Å². The molecule has 2 heterocycles. The summed E-state index contributed by atoms with van der Waals surface area (Å²) in [5.41, 5.74) is -0.462. The van der Waals surface area contributed by atoms with Crippen molar-refractivity contribution in [2.45, 2.75) is 51.5 Å². The predicted octanol–water partition coefficient (Wildman–Crippen LogP) is 2.31. The van der Waals surface area contributed by atoms with E-state index in [-0.39, 0.29) is 18.0 Å². The minimum atomic E-state index is -1.01. The van der Waals surface area contributed by atoms with Gasteiger partial charge in [0.1, 0.15) is 12.0 Å². The molecule has 24 heavy (non-hydrogen) atoms. The van der Waals surface area contributed by atoms with E-state index in [1.54, 1.807) is 6.07 Å². The van der Waals surface area contributed by atoms with E-state index in [1.807, 2.05) is 27.7 Å². The molecule has 2 aliphatic heterocycles. The van der Waals surface area contributed by atoms with E-state index in [9.17, 15) is 13.6 Å². The van der Waals surface area contributed by atoms with Crippen molar-refractivity contribution < 1.29 is 22.9 Å². The van der Waals surface area contributed by atoms with Crippen LogP contribution >= 0.6 is 0 Å². The standard InChI is InChI=1S/C17H22BF2NO3/c1-16(2)17(3,4)24-18(23-16)12-7-11(8-14(20)9-12)15(22)21-6-5-13(19)10-21/h7-9,13H,5-6,10H2,1-4H3/t13-/m0/s1. The molecule has 7 heteroatoms. The van der Waals surface area contributed by atoms with Gasteiger partial charge in [-0.2, -0.15) is 0 Å². The molecule has 2 fully saturated rings. The fourth-order valence-electron chi connectivity index (χ4n) is 2.94. The maximum Gasteiger partial charge on any atom is 0.494 e. The molecule has 0 radical (unpaired) electrons. The summed E-state index contributed by atoms with van der Waals surface area (Å²) in [5.74, 6) is -0.908. The van der Waals surface area contributed by atoms with Crippen LogP contribution in [0.15, 0.2) is 18.2 Å². The van der Waals surface area contributed by atoms with Crippen LogP contribution in [0.3, 0.4) is 0 Å². The number of likely N-dealkylation sites (tertiary alicyclic amines) is 1. The molecule has 0 aromatic heterocycles. The van der Waals surface area contributed by atoms with Gasteiger partial charge in [-0.1, -0.05) is 0 Å². The Labute approximate surface area is 141 Å². The topological polar surface area (TPSA) is 38.8 Å². The molecule has 0 unspecified atom stereocenters. The number of hydrogen-bond acceptors (Lipinski definition) is 3. The molecular weight excluding hydrogens is 315 g/mol. The second-order valence-corrected chi connectivity index (χ2v) is 7.50. The molecule has 2 saturated heterocycles. The highest BCUT2D eigenvalue weighted by molar-refractivity contribution is 6.62. The molecule has 0 saturated carbocycles. The molecule has 1 amide bonds. The summed E-state index contributed by atoms with van der Waals surface area (Å²) in [6, 6.07) is 4.04. The van der Waals surface area contributed by atoms with E-state index in [4.69, 9.17) is 9.31 Å². The van der Waals surface area contributed by atoms with E-state index in [0.29, 0.717) is 18.4 Å². The van der Waals surface area contributed by atoms with Gasteiger partial charge in [0.25, 0.3) is 5.91 Å². The SMILES string of the molecule is CC1(C)OB(c2cc(F)cc(C(=O)N3CC[C@H](F)C3)c2)OC1(C)C. The van der Waals surface area contributed by atoms with Crippen LogP contribution in [0.2, 0.25) is 0 Å². The Morgan fingerprint density at radius 1 is 1.21 bits per heavy atom. The number of amides is 1. The second kappa shape index (κ2) is 5.81. The van der Waals surface area contributed by atoms with Crippen LogP contribution in [0.25, 0.3) is 0 Å². The number of hydrogen-bond donors (Lipinski definition) is 0. The van der Waals surface area contributed by atoms with Gasteiger partial charge >= 0.3 is 7.12 Å². The molecule has 1 aromatic rings. The first-order valence-electron chi connectivity index (χ1n) is 8.18. The first kappa shape index (κ1) is 17.4. The van der Waals surface area contributed by atoms with E-state index < -0.39 is 30.3 Å². The highest BCUT2D eigenvalue weighted by Gasteiger charge is 2.51. The van der Waals surface area contributed by atoms with Crippen molar-refractivity contribution in [3.63, 3.8) is 0 Å². The number of carbonyl (C=O) groups is 1. The van der Waals surface area contributed by atoms with Gasteiger partial charge in [0.2, 0.25) is 0 Å². The van der Waals surface area contributed by atoms with E-state index in [0.717, 1.165) is 0 Å². The Hall–Kier alpha value is -1.47. The van der Waals surface area contributed by atoms with Gasteiger partial charge in [-0.25, -0.2) is 8.78 Å². The van der Waals surface area contributed by atoms with Gasteiger partial charge < -0.3 is 14.2 Å². The van der Waals surface area contributed by atoms with Crippen LogP contribution in [0, 0.1) is 5.82 Å². The van der Waals surface area contributed by atoms with Gasteiger partial charge in [0.05, 0.1) is 17.7 Å². The van der Waals surface area contributed by atoms with Crippen molar-refractivity contribution in [2.75, 3.05) is 13.1 Å². The predicted molar refractivity (Wildman–Crippen MR) is 87.5 cm³/mol. The van der Waals surface area contributed by atoms with E-state index in [1.165, 1.54) is 17.0 Å². The summed E-state index contributed by atoms with van der Waals surface area (Å²) in [4.78, 5) is 13.9. The molecular formula is C17H22BF2NO3. The summed E-state index contributed by atoms with van der Waals surface area (Å²) in [6.45, 7) is 8.03. The first-order chi connectivity index (χ1) is 11.1. The molecule has 4 nitrogen and oxygen atoms in total. The lowest BCUT2D eigenvalue weighted by molar-refractivity contribution is 0.00578. The van der Waals surface area contributed by atoms with Crippen LogP contribution in [0.5, 0.6) is 0 Å². The number of rotatable bonds is 2. The Balaban J connectivity index is 1.86. The number of benzene rings is 1.